The number of benzene rings is 2. The van der Waals surface area contributed by atoms with Crippen LogP contribution < -0.4 is 5.43 Å². The van der Waals surface area contributed by atoms with Crippen molar-refractivity contribution >= 4 is 17.6 Å². The van der Waals surface area contributed by atoms with Crippen molar-refractivity contribution in [3.05, 3.63) is 59.2 Å². The fourth-order valence-electron chi connectivity index (χ4n) is 1.97. The van der Waals surface area contributed by atoms with Gasteiger partial charge in [0.05, 0.1) is 11.3 Å². The average molecular weight is 314 g/mol. The number of aromatic carboxylic acids is 1. The molecule has 0 bridgehead atoms. The number of nitrogens with zero attached hydrogens (tertiary/aromatic N) is 1. The van der Waals surface area contributed by atoms with Crippen LogP contribution in [-0.4, -0.2) is 32.9 Å². The number of rotatable bonds is 4. The van der Waals surface area contributed by atoms with Gasteiger partial charge < -0.3 is 15.3 Å². The van der Waals surface area contributed by atoms with Crippen molar-refractivity contribution in [2.75, 3.05) is 0 Å². The summed E-state index contributed by atoms with van der Waals surface area (Å²) in [6.07, 6.45) is 0. The van der Waals surface area contributed by atoms with Crippen molar-refractivity contribution in [3.8, 4) is 11.5 Å². The Hall–Kier alpha value is -3.35. The molecule has 0 atom stereocenters. The molecule has 2 rings (SSSR count). The Labute approximate surface area is 131 Å². The van der Waals surface area contributed by atoms with Crippen LogP contribution in [0.5, 0.6) is 11.5 Å². The number of aromatic hydroxyl groups is 2. The summed E-state index contributed by atoms with van der Waals surface area (Å²) in [4.78, 5) is 23.1. The zero-order valence-corrected chi connectivity index (χ0v) is 12.1. The van der Waals surface area contributed by atoms with E-state index in [0.717, 1.165) is 6.07 Å². The molecule has 23 heavy (non-hydrogen) atoms. The third-order valence-electron chi connectivity index (χ3n) is 3.04. The molecular weight excluding hydrogens is 300 g/mol. The molecule has 0 unspecified atom stereocenters. The molecule has 2 aromatic rings. The topological polar surface area (TPSA) is 119 Å². The van der Waals surface area contributed by atoms with E-state index in [-0.39, 0.29) is 22.6 Å². The number of hydrazone groups is 1. The van der Waals surface area contributed by atoms with Crippen molar-refractivity contribution in [1.29, 1.82) is 0 Å². The van der Waals surface area contributed by atoms with Crippen molar-refractivity contribution in [2.24, 2.45) is 5.10 Å². The minimum Gasteiger partial charge on any atom is -0.508 e. The number of amides is 1. The van der Waals surface area contributed by atoms with Gasteiger partial charge in [0.1, 0.15) is 11.5 Å². The van der Waals surface area contributed by atoms with Gasteiger partial charge in [-0.1, -0.05) is 18.2 Å². The predicted octanol–water partition coefficient (Wildman–Crippen LogP) is 1.95. The highest BCUT2D eigenvalue weighted by molar-refractivity contribution is 6.08. The highest BCUT2D eigenvalue weighted by Gasteiger charge is 2.12. The Morgan fingerprint density at radius 3 is 2.13 bits per heavy atom. The number of carbonyl (C=O) groups is 2. The second-order valence-electron chi connectivity index (χ2n) is 4.73. The van der Waals surface area contributed by atoms with E-state index in [9.17, 15) is 19.8 Å². The predicted molar refractivity (Wildman–Crippen MR) is 82.9 cm³/mol. The number of nitrogens with one attached hydrogen (secondary N) is 1. The summed E-state index contributed by atoms with van der Waals surface area (Å²) in [5.74, 6) is -2.26. The van der Waals surface area contributed by atoms with Gasteiger partial charge in [-0.15, -0.1) is 0 Å². The van der Waals surface area contributed by atoms with E-state index in [1.807, 2.05) is 0 Å². The van der Waals surface area contributed by atoms with Gasteiger partial charge in [-0.3, -0.25) is 4.79 Å². The lowest BCUT2D eigenvalue weighted by Gasteiger charge is -2.06. The summed E-state index contributed by atoms with van der Waals surface area (Å²) in [5, 5.41) is 31.7. The van der Waals surface area contributed by atoms with Crippen LogP contribution in [-0.2, 0) is 0 Å². The number of hydrogen-bond donors (Lipinski definition) is 4. The summed E-state index contributed by atoms with van der Waals surface area (Å²) in [7, 11) is 0. The standard InChI is InChI=1S/C16H14N2O5/c1-9(13-4-2-3-5-14(13)16(22)23)17-18-15(21)10-6-11(19)8-12(20)7-10/h2-8,19-20H,1H3,(H,18,21)(H,22,23)/b17-9-. The van der Waals surface area contributed by atoms with Crippen LogP contribution in [0.3, 0.4) is 0 Å². The summed E-state index contributed by atoms with van der Waals surface area (Å²) >= 11 is 0. The molecule has 0 saturated heterocycles. The smallest absolute Gasteiger partial charge is 0.336 e. The van der Waals surface area contributed by atoms with Gasteiger partial charge in [0.15, 0.2) is 0 Å². The molecule has 7 nitrogen and oxygen atoms in total. The molecule has 0 aliphatic rings. The molecular formula is C16H14N2O5. The Kier molecular flexibility index (Phi) is 4.61. The minimum absolute atomic E-state index is 0.0190. The van der Waals surface area contributed by atoms with E-state index in [1.54, 1.807) is 25.1 Å². The summed E-state index contributed by atoms with van der Waals surface area (Å²) in [6.45, 7) is 1.56. The minimum atomic E-state index is -1.10. The molecule has 0 aromatic heterocycles. The number of hydrogen-bond acceptors (Lipinski definition) is 5. The highest BCUT2D eigenvalue weighted by Crippen LogP contribution is 2.20. The number of phenols is 2. The highest BCUT2D eigenvalue weighted by atomic mass is 16.4. The lowest BCUT2D eigenvalue weighted by atomic mass is 10.0. The maximum Gasteiger partial charge on any atom is 0.336 e. The van der Waals surface area contributed by atoms with Crippen LogP contribution in [0.1, 0.15) is 33.2 Å². The van der Waals surface area contributed by atoms with E-state index in [0.29, 0.717) is 11.3 Å². The Bertz CT molecular complexity index is 779. The maximum absolute atomic E-state index is 11.9. The number of carboxylic acids is 1. The Morgan fingerprint density at radius 2 is 1.57 bits per heavy atom. The molecule has 118 valence electrons. The van der Waals surface area contributed by atoms with E-state index in [4.69, 9.17) is 5.11 Å². The summed E-state index contributed by atoms with van der Waals surface area (Å²) in [6, 6.07) is 9.70. The molecule has 0 spiro atoms. The van der Waals surface area contributed by atoms with Crippen molar-refractivity contribution < 1.29 is 24.9 Å². The van der Waals surface area contributed by atoms with Crippen LogP contribution >= 0.6 is 0 Å². The first-order valence-electron chi connectivity index (χ1n) is 6.59. The largest absolute Gasteiger partial charge is 0.508 e. The van der Waals surface area contributed by atoms with E-state index in [2.05, 4.69) is 10.5 Å². The van der Waals surface area contributed by atoms with Crippen LogP contribution in [0.2, 0.25) is 0 Å². The molecule has 0 saturated carbocycles. The van der Waals surface area contributed by atoms with Gasteiger partial charge >= 0.3 is 5.97 Å². The Balaban J connectivity index is 2.23. The van der Waals surface area contributed by atoms with Gasteiger partial charge in [-0.25, -0.2) is 10.2 Å². The number of carboxylic acid groups (broad SMARTS) is 1. The average Bonchev–Trinajstić information content (AvgIpc) is 2.51. The monoisotopic (exact) mass is 314 g/mol. The lowest BCUT2D eigenvalue weighted by molar-refractivity contribution is 0.0696. The molecule has 4 N–H and O–H groups in total. The third-order valence-corrected chi connectivity index (χ3v) is 3.04. The van der Waals surface area contributed by atoms with Gasteiger partial charge in [-0.05, 0) is 25.1 Å². The maximum atomic E-state index is 11.9. The van der Waals surface area contributed by atoms with Crippen molar-refractivity contribution in [2.45, 2.75) is 6.92 Å². The van der Waals surface area contributed by atoms with E-state index >= 15 is 0 Å². The van der Waals surface area contributed by atoms with Crippen LogP contribution in [0.4, 0.5) is 0 Å². The number of carbonyl (C=O) groups excluding carboxylic acids is 1. The second kappa shape index (κ2) is 6.61. The van der Waals surface area contributed by atoms with Gasteiger partial charge in [0.25, 0.3) is 5.91 Å². The molecule has 7 heteroatoms. The zero-order valence-electron chi connectivity index (χ0n) is 12.1. The second-order valence-corrected chi connectivity index (χ2v) is 4.73. The van der Waals surface area contributed by atoms with Gasteiger partial charge in [0.2, 0.25) is 0 Å². The zero-order chi connectivity index (χ0) is 17.0. The van der Waals surface area contributed by atoms with E-state index < -0.39 is 11.9 Å². The third kappa shape index (κ3) is 3.85. The molecule has 0 aliphatic carbocycles. The van der Waals surface area contributed by atoms with Crippen LogP contribution in [0.25, 0.3) is 0 Å². The van der Waals surface area contributed by atoms with Crippen molar-refractivity contribution in [1.82, 2.24) is 5.43 Å². The van der Waals surface area contributed by atoms with Crippen molar-refractivity contribution in [3.63, 3.8) is 0 Å². The lowest BCUT2D eigenvalue weighted by Crippen LogP contribution is -2.20. The first kappa shape index (κ1) is 16.0. The molecule has 0 fully saturated rings. The molecule has 2 aromatic carbocycles. The SMILES string of the molecule is C/C(=N/NC(=O)c1cc(O)cc(O)c1)c1ccccc1C(=O)O. The fourth-order valence-corrected chi connectivity index (χ4v) is 1.97. The first-order chi connectivity index (χ1) is 10.9. The first-order valence-corrected chi connectivity index (χ1v) is 6.59. The van der Waals surface area contributed by atoms with Gasteiger partial charge in [-0.2, -0.15) is 5.10 Å². The van der Waals surface area contributed by atoms with Crippen LogP contribution in [0, 0.1) is 0 Å². The fraction of sp³-hybridized carbons (Fsp3) is 0.0625. The van der Waals surface area contributed by atoms with Gasteiger partial charge in [0, 0.05) is 17.2 Å². The number of phenolic OH excluding ortho intramolecular Hbond substituents is 2. The summed E-state index contributed by atoms with van der Waals surface area (Å²) in [5.41, 5.74) is 3.02. The molecule has 0 aliphatic heterocycles. The molecule has 0 radical (unpaired) electrons. The molecule has 1 amide bonds. The summed E-state index contributed by atoms with van der Waals surface area (Å²) < 4.78 is 0. The normalized spacial score (nSPS) is 11.1. The van der Waals surface area contributed by atoms with Crippen LogP contribution in [0.15, 0.2) is 47.6 Å². The van der Waals surface area contributed by atoms with E-state index in [1.165, 1.54) is 18.2 Å². The quantitative estimate of drug-likeness (QED) is 0.508. The Morgan fingerprint density at radius 1 is 1.00 bits per heavy atom. The molecule has 0 heterocycles.